The second-order valence-electron chi connectivity index (χ2n) is 5.93. The first kappa shape index (κ1) is 15.5. The fourth-order valence-electron chi connectivity index (χ4n) is 2.99. The number of ether oxygens (including phenoxy) is 1. The molecule has 0 spiro atoms. The highest BCUT2D eigenvalue weighted by Crippen LogP contribution is 2.16. The number of amides is 1. The number of hydrogen-bond donors (Lipinski definition) is 1. The van der Waals surface area contributed by atoms with Crippen molar-refractivity contribution in [3.05, 3.63) is 41.5 Å². The van der Waals surface area contributed by atoms with Gasteiger partial charge in [0, 0.05) is 19.0 Å². The number of benzene rings is 1. The first-order valence-electron chi connectivity index (χ1n) is 7.96. The van der Waals surface area contributed by atoms with Gasteiger partial charge in [0.15, 0.2) is 0 Å². The zero-order valence-electron chi connectivity index (χ0n) is 13.6. The number of carbonyl (C=O) groups excluding carboxylic acids is 1. The predicted octanol–water partition coefficient (Wildman–Crippen LogP) is 1.66. The molecule has 0 saturated carbocycles. The van der Waals surface area contributed by atoms with Crippen LogP contribution in [-0.4, -0.2) is 33.8 Å². The van der Waals surface area contributed by atoms with Gasteiger partial charge in [0.2, 0.25) is 5.91 Å². The van der Waals surface area contributed by atoms with Crippen LogP contribution < -0.4 is 10.1 Å². The monoisotopic (exact) mass is 314 g/mol. The van der Waals surface area contributed by atoms with Crippen LogP contribution in [0.5, 0.6) is 5.75 Å². The molecule has 0 fully saturated rings. The quantitative estimate of drug-likeness (QED) is 0.932. The van der Waals surface area contributed by atoms with Crippen LogP contribution in [0.25, 0.3) is 0 Å². The van der Waals surface area contributed by atoms with Crippen molar-refractivity contribution in [1.82, 2.24) is 20.1 Å². The van der Waals surface area contributed by atoms with Crippen molar-refractivity contribution in [3.63, 3.8) is 0 Å². The van der Waals surface area contributed by atoms with Gasteiger partial charge in [-0.1, -0.05) is 12.1 Å². The molecule has 122 valence electrons. The molecular weight excluding hydrogens is 292 g/mol. The highest BCUT2D eigenvalue weighted by Gasteiger charge is 2.20. The number of rotatable bonds is 4. The summed E-state index contributed by atoms with van der Waals surface area (Å²) in [4.78, 5) is 12.2. The minimum absolute atomic E-state index is 0.0644. The van der Waals surface area contributed by atoms with Crippen LogP contribution in [-0.2, 0) is 24.2 Å². The lowest BCUT2D eigenvalue weighted by atomic mass is 10.1. The fraction of sp³-hybridized carbons (Fsp3) is 0.471. The summed E-state index contributed by atoms with van der Waals surface area (Å²) in [6.07, 6.45) is 3.08. The molecular formula is C17H22N4O2. The van der Waals surface area contributed by atoms with Crippen molar-refractivity contribution in [3.8, 4) is 5.75 Å². The van der Waals surface area contributed by atoms with E-state index in [2.05, 4.69) is 20.1 Å². The molecule has 1 atom stereocenters. The molecule has 0 saturated heterocycles. The van der Waals surface area contributed by atoms with E-state index in [9.17, 15) is 4.79 Å². The van der Waals surface area contributed by atoms with Crippen molar-refractivity contribution in [2.45, 2.75) is 45.2 Å². The smallest absolute Gasteiger partial charge is 0.224 e. The van der Waals surface area contributed by atoms with E-state index in [1.807, 2.05) is 31.2 Å². The molecule has 1 aromatic carbocycles. The molecule has 23 heavy (non-hydrogen) atoms. The van der Waals surface area contributed by atoms with E-state index in [1.54, 1.807) is 7.11 Å². The van der Waals surface area contributed by atoms with E-state index in [-0.39, 0.29) is 11.9 Å². The molecule has 1 aliphatic heterocycles. The molecule has 1 aliphatic rings. The van der Waals surface area contributed by atoms with E-state index in [0.717, 1.165) is 48.8 Å². The first-order valence-corrected chi connectivity index (χ1v) is 7.96. The van der Waals surface area contributed by atoms with Gasteiger partial charge in [-0.25, -0.2) is 0 Å². The maximum atomic E-state index is 12.2. The zero-order chi connectivity index (χ0) is 16.2. The van der Waals surface area contributed by atoms with Gasteiger partial charge in [-0.15, -0.1) is 10.2 Å². The summed E-state index contributed by atoms with van der Waals surface area (Å²) in [5.74, 6) is 2.84. The number of aromatic nitrogens is 3. The molecule has 1 unspecified atom stereocenters. The lowest BCUT2D eigenvalue weighted by molar-refractivity contribution is -0.121. The summed E-state index contributed by atoms with van der Waals surface area (Å²) >= 11 is 0. The highest BCUT2D eigenvalue weighted by atomic mass is 16.5. The second-order valence-corrected chi connectivity index (χ2v) is 5.93. The molecule has 0 aliphatic carbocycles. The van der Waals surface area contributed by atoms with Gasteiger partial charge >= 0.3 is 0 Å². The number of fused-ring (bicyclic) bond motifs is 1. The topological polar surface area (TPSA) is 69.0 Å². The summed E-state index contributed by atoms with van der Waals surface area (Å²) in [7, 11) is 1.63. The van der Waals surface area contributed by atoms with Crippen LogP contribution in [0.2, 0.25) is 0 Å². The third-order valence-electron chi connectivity index (χ3n) is 4.32. The summed E-state index contributed by atoms with van der Waals surface area (Å²) in [6.45, 7) is 2.83. The van der Waals surface area contributed by atoms with Gasteiger partial charge < -0.3 is 14.6 Å². The van der Waals surface area contributed by atoms with E-state index in [1.165, 1.54) is 0 Å². The van der Waals surface area contributed by atoms with Crippen molar-refractivity contribution >= 4 is 5.91 Å². The number of nitrogens with zero attached hydrogens (tertiary/aromatic N) is 3. The third kappa shape index (κ3) is 3.70. The summed E-state index contributed by atoms with van der Waals surface area (Å²) in [5.41, 5.74) is 0.991. The Kier molecular flexibility index (Phi) is 4.60. The zero-order valence-corrected chi connectivity index (χ0v) is 13.6. The van der Waals surface area contributed by atoms with E-state index in [0.29, 0.717) is 6.42 Å². The summed E-state index contributed by atoms with van der Waals surface area (Å²) < 4.78 is 7.28. The Morgan fingerprint density at radius 2 is 2.09 bits per heavy atom. The molecule has 0 radical (unpaired) electrons. The predicted molar refractivity (Wildman–Crippen MR) is 86.3 cm³/mol. The van der Waals surface area contributed by atoms with Crippen LogP contribution in [0.4, 0.5) is 0 Å². The van der Waals surface area contributed by atoms with Crippen molar-refractivity contribution in [1.29, 1.82) is 0 Å². The average Bonchev–Trinajstić information content (AvgIpc) is 2.78. The molecule has 3 rings (SSSR count). The number of aryl methyl sites for hydroxylation is 2. The molecule has 1 aromatic heterocycles. The average molecular weight is 314 g/mol. The van der Waals surface area contributed by atoms with Crippen LogP contribution >= 0.6 is 0 Å². The molecule has 2 aromatic rings. The van der Waals surface area contributed by atoms with Crippen molar-refractivity contribution in [2.24, 2.45) is 0 Å². The SMILES string of the molecule is COc1ccc(CC(=O)NC2CCc3nnc(C)n3CC2)cc1. The first-order chi connectivity index (χ1) is 11.2. The minimum atomic E-state index is 0.0644. The third-order valence-corrected chi connectivity index (χ3v) is 4.32. The van der Waals surface area contributed by atoms with Gasteiger partial charge in [0.25, 0.3) is 0 Å². The van der Waals surface area contributed by atoms with Gasteiger partial charge in [0.05, 0.1) is 13.5 Å². The van der Waals surface area contributed by atoms with Gasteiger partial charge in [-0.2, -0.15) is 0 Å². The Bertz CT molecular complexity index is 678. The van der Waals surface area contributed by atoms with Gasteiger partial charge in [0.1, 0.15) is 17.4 Å². The lowest BCUT2D eigenvalue weighted by Crippen LogP contribution is -2.36. The van der Waals surface area contributed by atoms with E-state index in [4.69, 9.17) is 4.74 Å². The standard InChI is InChI=1S/C17H22N4O2/c1-12-19-20-16-8-5-14(9-10-21(12)16)18-17(22)11-13-3-6-15(23-2)7-4-13/h3-4,6-7,14H,5,8-11H2,1-2H3,(H,18,22). The lowest BCUT2D eigenvalue weighted by Gasteiger charge is -2.16. The van der Waals surface area contributed by atoms with Crippen LogP contribution in [0.15, 0.2) is 24.3 Å². The molecule has 2 heterocycles. The van der Waals surface area contributed by atoms with Gasteiger partial charge in [-0.3, -0.25) is 4.79 Å². The maximum absolute atomic E-state index is 12.2. The van der Waals surface area contributed by atoms with Gasteiger partial charge in [-0.05, 0) is 37.5 Å². The van der Waals surface area contributed by atoms with Crippen LogP contribution in [0.1, 0.15) is 30.1 Å². The minimum Gasteiger partial charge on any atom is -0.497 e. The summed E-state index contributed by atoms with van der Waals surface area (Å²) in [5, 5.41) is 11.5. The Labute approximate surface area is 135 Å². The molecule has 6 nitrogen and oxygen atoms in total. The van der Waals surface area contributed by atoms with Crippen molar-refractivity contribution in [2.75, 3.05) is 7.11 Å². The Morgan fingerprint density at radius 3 is 2.83 bits per heavy atom. The highest BCUT2D eigenvalue weighted by molar-refractivity contribution is 5.78. The number of carbonyl (C=O) groups is 1. The molecule has 6 heteroatoms. The Balaban J connectivity index is 1.54. The molecule has 1 N–H and O–H groups in total. The number of hydrogen-bond acceptors (Lipinski definition) is 4. The maximum Gasteiger partial charge on any atom is 0.224 e. The number of nitrogens with one attached hydrogen (secondary N) is 1. The second kappa shape index (κ2) is 6.81. The van der Waals surface area contributed by atoms with Crippen LogP contribution in [0.3, 0.4) is 0 Å². The Morgan fingerprint density at radius 1 is 1.30 bits per heavy atom. The molecule has 0 bridgehead atoms. The van der Waals surface area contributed by atoms with Crippen molar-refractivity contribution < 1.29 is 9.53 Å². The number of methoxy groups -OCH3 is 1. The normalized spacial score (nSPS) is 17.2. The largest absolute Gasteiger partial charge is 0.497 e. The Hall–Kier alpha value is -2.37. The van der Waals surface area contributed by atoms with E-state index < -0.39 is 0 Å². The molecule has 1 amide bonds. The summed E-state index contributed by atoms with van der Waals surface area (Å²) in [6, 6.07) is 7.81. The van der Waals surface area contributed by atoms with E-state index >= 15 is 0 Å². The van der Waals surface area contributed by atoms with Crippen LogP contribution in [0, 0.1) is 6.92 Å². The fourth-order valence-corrected chi connectivity index (χ4v) is 2.99.